The van der Waals surface area contributed by atoms with Crippen LogP contribution >= 0.6 is 0 Å². The molecule has 2 heteroatoms. The maximum atomic E-state index is 10.1. The van der Waals surface area contributed by atoms with E-state index in [-0.39, 0.29) is 5.41 Å². The van der Waals surface area contributed by atoms with Gasteiger partial charge in [-0.15, -0.1) is 0 Å². The third-order valence-corrected chi connectivity index (χ3v) is 3.83. The third-order valence-electron chi connectivity index (χ3n) is 3.83. The molecule has 0 aliphatic heterocycles. The smallest absolute Gasteiger partial charge is 0.102 e. The van der Waals surface area contributed by atoms with Crippen molar-refractivity contribution in [1.29, 1.82) is 0 Å². The summed E-state index contributed by atoms with van der Waals surface area (Å²) >= 11 is 0. The first-order chi connectivity index (χ1) is 9.95. The van der Waals surface area contributed by atoms with Gasteiger partial charge in [-0.1, -0.05) is 77.6 Å². The van der Waals surface area contributed by atoms with Gasteiger partial charge in [0.25, 0.3) is 0 Å². The van der Waals surface area contributed by atoms with Crippen molar-refractivity contribution in [1.82, 2.24) is 0 Å². The van der Waals surface area contributed by atoms with Gasteiger partial charge in [-0.3, -0.25) is 0 Å². The molecule has 1 rings (SSSR count). The zero-order valence-corrected chi connectivity index (χ0v) is 14.2. The van der Waals surface area contributed by atoms with Gasteiger partial charge in [0.1, 0.15) is 6.10 Å². The molecule has 2 nitrogen and oxygen atoms in total. The molecule has 1 aromatic carbocycles. The first-order valence-corrected chi connectivity index (χ1v) is 8.31. The van der Waals surface area contributed by atoms with E-state index in [1.807, 2.05) is 12.1 Å². The molecular formula is C19H32O2. The Kier molecular flexibility index (Phi) is 7.98. The molecule has 120 valence electrons. The molecular weight excluding hydrogens is 260 g/mol. The fourth-order valence-electron chi connectivity index (χ4n) is 2.30. The van der Waals surface area contributed by atoms with E-state index < -0.39 is 6.10 Å². The normalized spacial score (nSPS) is 13.4. The second-order valence-corrected chi connectivity index (χ2v) is 6.88. The Morgan fingerprint density at radius 1 is 1.00 bits per heavy atom. The van der Waals surface area contributed by atoms with Crippen LogP contribution in [0.15, 0.2) is 24.3 Å². The largest absolute Gasteiger partial charge is 0.386 e. The maximum absolute atomic E-state index is 10.1. The van der Waals surface area contributed by atoms with Gasteiger partial charge in [0.15, 0.2) is 0 Å². The monoisotopic (exact) mass is 292 g/mol. The minimum Gasteiger partial charge on any atom is -0.386 e. The lowest BCUT2D eigenvalue weighted by Crippen LogP contribution is -2.12. The molecule has 21 heavy (non-hydrogen) atoms. The van der Waals surface area contributed by atoms with Crippen LogP contribution in [0.2, 0.25) is 0 Å². The zero-order chi connectivity index (χ0) is 15.7. The predicted molar refractivity (Wildman–Crippen MR) is 89.7 cm³/mol. The fraction of sp³-hybridized carbons (Fsp3) is 0.684. The van der Waals surface area contributed by atoms with Crippen LogP contribution in [0.3, 0.4) is 0 Å². The average Bonchev–Trinajstić information content (AvgIpc) is 2.45. The molecule has 0 fully saturated rings. The number of hydrogen-bond acceptors (Lipinski definition) is 2. The first-order valence-electron chi connectivity index (χ1n) is 8.31. The predicted octanol–water partition coefficient (Wildman–Crippen LogP) is 5.00. The quantitative estimate of drug-likeness (QED) is 0.649. The Bertz CT molecular complexity index is 376. The highest BCUT2D eigenvalue weighted by molar-refractivity contribution is 5.28. The highest BCUT2D eigenvalue weighted by Gasteiger charge is 2.14. The lowest BCUT2D eigenvalue weighted by Gasteiger charge is -2.20. The standard InChI is InChI=1S/C19H32O2/c1-5-6-7-8-9-14-21-15-18(20)16-10-12-17(13-11-16)19(2,3)4/h10-13,18,20H,5-9,14-15H2,1-4H3. The Morgan fingerprint density at radius 3 is 2.19 bits per heavy atom. The molecule has 1 unspecified atom stereocenters. The summed E-state index contributed by atoms with van der Waals surface area (Å²) in [6.07, 6.45) is 5.67. The lowest BCUT2D eigenvalue weighted by molar-refractivity contribution is 0.0344. The Morgan fingerprint density at radius 2 is 1.62 bits per heavy atom. The molecule has 0 heterocycles. The Balaban J connectivity index is 2.27. The molecule has 0 saturated heterocycles. The highest BCUT2D eigenvalue weighted by atomic mass is 16.5. The van der Waals surface area contributed by atoms with Crippen molar-refractivity contribution < 1.29 is 9.84 Å². The molecule has 1 aromatic rings. The van der Waals surface area contributed by atoms with Crippen LogP contribution in [0.1, 0.15) is 77.0 Å². The summed E-state index contributed by atoms with van der Waals surface area (Å²) in [6, 6.07) is 8.22. The molecule has 0 aliphatic rings. The SMILES string of the molecule is CCCCCCCOCC(O)c1ccc(C(C)(C)C)cc1. The molecule has 1 N–H and O–H groups in total. The summed E-state index contributed by atoms with van der Waals surface area (Å²) in [5.41, 5.74) is 2.38. The summed E-state index contributed by atoms with van der Waals surface area (Å²) < 4.78 is 5.58. The summed E-state index contributed by atoms with van der Waals surface area (Å²) in [6.45, 7) is 9.95. The zero-order valence-electron chi connectivity index (χ0n) is 14.2. The first kappa shape index (κ1) is 18.2. The van der Waals surface area contributed by atoms with Gasteiger partial charge in [-0.05, 0) is 23.0 Å². The second kappa shape index (κ2) is 9.22. The van der Waals surface area contributed by atoms with Crippen molar-refractivity contribution in [3.05, 3.63) is 35.4 Å². The van der Waals surface area contributed by atoms with Gasteiger partial charge < -0.3 is 9.84 Å². The molecule has 0 aliphatic carbocycles. The minimum atomic E-state index is -0.519. The van der Waals surface area contributed by atoms with Crippen molar-refractivity contribution in [2.24, 2.45) is 0 Å². The number of unbranched alkanes of at least 4 members (excludes halogenated alkanes) is 4. The Hall–Kier alpha value is -0.860. The van der Waals surface area contributed by atoms with Crippen LogP contribution in [-0.4, -0.2) is 18.3 Å². The number of hydrogen-bond donors (Lipinski definition) is 1. The summed E-state index contributed by atoms with van der Waals surface area (Å²) in [7, 11) is 0. The topological polar surface area (TPSA) is 29.5 Å². The molecule has 0 amide bonds. The van der Waals surface area contributed by atoms with E-state index in [9.17, 15) is 5.11 Å². The van der Waals surface area contributed by atoms with Crippen LogP contribution < -0.4 is 0 Å². The van der Waals surface area contributed by atoms with Crippen molar-refractivity contribution in [2.75, 3.05) is 13.2 Å². The molecule has 1 atom stereocenters. The summed E-state index contributed by atoms with van der Waals surface area (Å²) in [4.78, 5) is 0. The van der Waals surface area contributed by atoms with Crippen molar-refractivity contribution >= 4 is 0 Å². The van der Waals surface area contributed by atoms with E-state index in [0.717, 1.165) is 18.6 Å². The Labute approximate surface area is 130 Å². The highest BCUT2D eigenvalue weighted by Crippen LogP contribution is 2.24. The van der Waals surface area contributed by atoms with E-state index >= 15 is 0 Å². The van der Waals surface area contributed by atoms with Gasteiger partial charge in [0.2, 0.25) is 0 Å². The molecule has 0 bridgehead atoms. The van der Waals surface area contributed by atoms with Crippen molar-refractivity contribution in [2.45, 2.75) is 71.3 Å². The number of aliphatic hydroxyl groups excluding tert-OH is 1. The number of rotatable bonds is 9. The van der Waals surface area contributed by atoms with E-state index in [2.05, 4.69) is 39.8 Å². The molecule has 0 aromatic heterocycles. The van der Waals surface area contributed by atoms with E-state index in [1.54, 1.807) is 0 Å². The van der Waals surface area contributed by atoms with Gasteiger partial charge >= 0.3 is 0 Å². The molecule has 0 saturated carbocycles. The number of benzene rings is 1. The van der Waals surface area contributed by atoms with E-state index in [1.165, 1.54) is 31.2 Å². The minimum absolute atomic E-state index is 0.151. The summed E-state index contributed by atoms with van der Waals surface area (Å²) in [5, 5.41) is 10.1. The van der Waals surface area contributed by atoms with Crippen LogP contribution in [0.4, 0.5) is 0 Å². The fourth-order valence-corrected chi connectivity index (χ4v) is 2.30. The van der Waals surface area contributed by atoms with Gasteiger partial charge in [0, 0.05) is 6.61 Å². The maximum Gasteiger partial charge on any atom is 0.102 e. The number of ether oxygens (including phenoxy) is 1. The third kappa shape index (κ3) is 7.10. The van der Waals surface area contributed by atoms with Crippen LogP contribution in [0.25, 0.3) is 0 Å². The van der Waals surface area contributed by atoms with Crippen molar-refractivity contribution in [3.63, 3.8) is 0 Å². The van der Waals surface area contributed by atoms with E-state index in [0.29, 0.717) is 6.61 Å². The van der Waals surface area contributed by atoms with Gasteiger partial charge in [-0.2, -0.15) is 0 Å². The van der Waals surface area contributed by atoms with Crippen LogP contribution in [0.5, 0.6) is 0 Å². The second-order valence-electron chi connectivity index (χ2n) is 6.88. The summed E-state index contributed by atoms with van der Waals surface area (Å²) in [5.74, 6) is 0. The van der Waals surface area contributed by atoms with Gasteiger partial charge in [-0.25, -0.2) is 0 Å². The van der Waals surface area contributed by atoms with Crippen LogP contribution in [0, 0.1) is 0 Å². The number of aliphatic hydroxyl groups is 1. The molecule has 0 spiro atoms. The van der Waals surface area contributed by atoms with E-state index in [4.69, 9.17) is 4.74 Å². The van der Waals surface area contributed by atoms with Crippen LogP contribution in [-0.2, 0) is 10.2 Å². The van der Waals surface area contributed by atoms with Crippen molar-refractivity contribution in [3.8, 4) is 0 Å². The molecule has 0 radical (unpaired) electrons. The average molecular weight is 292 g/mol. The lowest BCUT2D eigenvalue weighted by atomic mass is 9.86. The van der Waals surface area contributed by atoms with Gasteiger partial charge in [0.05, 0.1) is 6.61 Å².